The van der Waals surface area contributed by atoms with Gasteiger partial charge in [-0.1, -0.05) is 30.3 Å². The highest BCUT2D eigenvalue weighted by atomic mass is 16.3. The first-order chi connectivity index (χ1) is 10.2. The Morgan fingerprint density at radius 2 is 1.81 bits per heavy atom. The molecule has 3 nitrogen and oxygen atoms in total. The third kappa shape index (κ3) is 4.06. The van der Waals surface area contributed by atoms with Gasteiger partial charge in [-0.2, -0.15) is 0 Å². The molecule has 2 fully saturated rings. The summed E-state index contributed by atoms with van der Waals surface area (Å²) in [5.41, 5.74) is 1.41. The van der Waals surface area contributed by atoms with Gasteiger partial charge in [-0.25, -0.2) is 0 Å². The third-order valence-electron chi connectivity index (χ3n) is 5.10. The van der Waals surface area contributed by atoms with Gasteiger partial charge in [-0.05, 0) is 44.6 Å². The van der Waals surface area contributed by atoms with Crippen LogP contribution in [0.15, 0.2) is 30.3 Å². The van der Waals surface area contributed by atoms with Crippen LogP contribution in [0.4, 0.5) is 0 Å². The standard InChI is InChI=1S/C18H28N2O/c1-14-11-17(19-16-7-9-18(21)10-8-16)13-20(14)12-15-5-3-2-4-6-15/h2-6,14,16-19,21H,7-13H2,1H3. The van der Waals surface area contributed by atoms with E-state index in [0.717, 1.165) is 38.8 Å². The van der Waals surface area contributed by atoms with E-state index in [4.69, 9.17) is 0 Å². The summed E-state index contributed by atoms with van der Waals surface area (Å²) in [6.07, 6.45) is 5.38. The van der Waals surface area contributed by atoms with Crippen LogP contribution in [0.5, 0.6) is 0 Å². The Balaban J connectivity index is 1.49. The lowest BCUT2D eigenvalue weighted by Gasteiger charge is -2.29. The predicted octanol–water partition coefficient (Wildman–Crippen LogP) is 2.54. The maximum absolute atomic E-state index is 9.60. The minimum absolute atomic E-state index is 0.0554. The minimum Gasteiger partial charge on any atom is -0.393 e. The Morgan fingerprint density at radius 1 is 1.10 bits per heavy atom. The van der Waals surface area contributed by atoms with E-state index < -0.39 is 0 Å². The van der Waals surface area contributed by atoms with Crippen molar-refractivity contribution in [1.29, 1.82) is 0 Å². The van der Waals surface area contributed by atoms with E-state index in [1.54, 1.807) is 0 Å². The fourth-order valence-electron chi connectivity index (χ4n) is 3.83. The van der Waals surface area contributed by atoms with Crippen molar-refractivity contribution in [2.45, 2.75) is 69.8 Å². The second-order valence-corrected chi connectivity index (χ2v) is 6.87. The Hall–Kier alpha value is -0.900. The number of nitrogens with one attached hydrogen (secondary N) is 1. The summed E-state index contributed by atoms with van der Waals surface area (Å²) in [4.78, 5) is 2.59. The highest BCUT2D eigenvalue weighted by molar-refractivity contribution is 5.15. The van der Waals surface area contributed by atoms with Crippen LogP contribution >= 0.6 is 0 Å². The van der Waals surface area contributed by atoms with Crippen LogP contribution in [0, 0.1) is 0 Å². The van der Waals surface area contributed by atoms with Gasteiger partial charge >= 0.3 is 0 Å². The molecule has 1 aromatic carbocycles. The number of hydrogen-bond donors (Lipinski definition) is 2. The normalized spacial score (nSPS) is 34.2. The Bertz CT molecular complexity index is 428. The topological polar surface area (TPSA) is 35.5 Å². The molecule has 2 atom stereocenters. The summed E-state index contributed by atoms with van der Waals surface area (Å²) in [5.74, 6) is 0. The first-order valence-corrected chi connectivity index (χ1v) is 8.43. The number of rotatable bonds is 4. The van der Waals surface area contributed by atoms with E-state index in [9.17, 15) is 5.11 Å². The molecule has 2 N–H and O–H groups in total. The number of aliphatic hydroxyl groups is 1. The van der Waals surface area contributed by atoms with Crippen LogP contribution in [0.1, 0.15) is 44.6 Å². The van der Waals surface area contributed by atoms with E-state index >= 15 is 0 Å². The van der Waals surface area contributed by atoms with Crippen LogP contribution < -0.4 is 5.32 Å². The van der Waals surface area contributed by atoms with Gasteiger partial charge in [0, 0.05) is 31.2 Å². The molecular formula is C18H28N2O. The van der Waals surface area contributed by atoms with Gasteiger partial charge in [0.25, 0.3) is 0 Å². The number of hydrogen-bond acceptors (Lipinski definition) is 3. The molecule has 1 aliphatic carbocycles. The van der Waals surface area contributed by atoms with Crippen LogP contribution in [0.3, 0.4) is 0 Å². The molecule has 0 amide bonds. The lowest BCUT2D eigenvalue weighted by Crippen LogP contribution is -2.42. The fourth-order valence-corrected chi connectivity index (χ4v) is 3.83. The summed E-state index contributed by atoms with van der Waals surface area (Å²) in [7, 11) is 0. The maximum atomic E-state index is 9.60. The van der Waals surface area contributed by atoms with E-state index in [1.165, 1.54) is 12.0 Å². The second kappa shape index (κ2) is 6.91. The molecule has 0 bridgehead atoms. The Labute approximate surface area is 128 Å². The van der Waals surface area contributed by atoms with Gasteiger partial charge in [-0.3, -0.25) is 4.90 Å². The number of aliphatic hydroxyl groups excluding tert-OH is 1. The molecule has 21 heavy (non-hydrogen) atoms. The number of nitrogens with zero attached hydrogens (tertiary/aromatic N) is 1. The van der Waals surface area contributed by atoms with Crippen molar-refractivity contribution in [3.05, 3.63) is 35.9 Å². The van der Waals surface area contributed by atoms with Gasteiger partial charge in [0.05, 0.1) is 6.10 Å². The number of likely N-dealkylation sites (tertiary alicyclic amines) is 1. The molecule has 1 aromatic rings. The van der Waals surface area contributed by atoms with Crippen LogP contribution in [-0.2, 0) is 6.54 Å². The fraction of sp³-hybridized carbons (Fsp3) is 0.667. The molecule has 1 aliphatic heterocycles. The molecule has 116 valence electrons. The molecular weight excluding hydrogens is 260 g/mol. The molecule has 1 heterocycles. The first-order valence-electron chi connectivity index (χ1n) is 8.43. The molecule has 2 unspecified atom stereocenters. The van der Waals surface area contributed by atoms with E-state index in [1.807, 2.05) is 0 Å². The summed E-state index contributed by atoms with van der Waals surface area (Å²) in [5, 5.41) is 13.4. The summed E-state index contributed by atoms with van der Waals surface area (Å²) >= 11 is 0. The summed E-state index contributed by atoms with van der Waals surface area (Å²) < 4.78 is 0. The van der Waals surface area contributed by atoms with Crippen LogP contribution in [0.25, 0.3) is 0 Å². The van der Waals surface area contributed by atoms with Gasteiger partial charge in [0.15, 0.2) is 0 Å². The second-order valence-electron chi connectivity index (χ2n) is 6.87. The Kier molecular flexibility index (Phi) is 4.94. The molecule has 0 spiro atoms. The molecule has 3 heteroatoms. The lowest BCUT2D eigenvalue weighted by molar-refractivity contribution is 0.114. The smallest absolute Gasteiger partial charge is 0.0541 e. The lowest BCUT2D eigenvalue weighted by atomic mass is 9.92. The van der Waals surface area contributed by atoms with Crippen molar-refractivity contribution in [1.82, 2.24) is 10.2 Å². The minimum atomic E-state index is -0.0554. The average Bonchev–Trinajstić information content (AvgIpc) is 2.82. The zero-order chi connectivity index (χ0) is 14.7. The predicted molar refractivity (Wildman–Crippen MR) is 86.1 cm³/mol. The maximum Gasteiger partial charge on any atom is 0.0541 e. The quantitative estimate of drug-likeness (QED) is 0.894. The van der Waals surface area contributed by atoms with E-state index in [0.29, 0.717) is 18.1 Å². The van der Waals surface area contributed by atoms with Crippen molar-refractivity contribution in [3.63, 3.8) is 0 Å². The van der Waals surface area contributed by atoms with Crippen LogP contribution in [0.2, 0.25) is 0 Å². The number of benzene rings is 1. The van der Waals surface area contributed by atoms with Gasteiger partial charge in [0.2, 0.25) is 0 Å². The summed E-state index contributed by atoms with van der Waals surface area (Å²) in [6, 6.07) is 12.6. The molecule has 1 saturated heterocycles. The largest absolute Gasteiger partial charge is 0.393 e. The van der Waals surface area contributed by atoms with E-state index in [-0.39, 0.29) is 6.10 Å². The zero-order valence-electron chi connectivity index (χ0n) is 13.0. The SMILES string of the molecule is CC1CC(NC2CCC(O)CC2)CN1Cc1ccccc1. The highest BCUT2D eigenvalue weighted by Gasteiger charge is 2.31. The van der Waals surface area contributed by atoms with Crippen molar-refractivity contribution < 1.29 is 5.11 Å². The van der Waals surface area contributed by atoms with Crippen molar-refractivity contribution in [2.24, 2.45) is 0 Å². The van der Waals surface area contributed by atoms with E-state index in [2.05, 4.69) is 47.5 Å². The van der Waals surface area contributed by atoms with Crippen molar-refractivity contribution >= 4 is 0 Å². The monoisotopic (exact) mass is 288 g/mol. The van der Waals surface area contributed by atoms with Gasteiger partial charge in [0.1, 0.15) is 0 Å². The first kappa shape index (κ1) is 15.0. The summed E-state index contributed by atoms with van der Waals surface area (Å²) in [6.45, 7) is 4.55. The molecule has 2 aliphatic rings. The Morgan fingerprint density at radius 3 is 2.52 bits per heavy atom. The zero-order valence-corrected chi connectivity index (χ0v) is 13.0. The van der Waals surface area contributed by atoms with Crippen molar-refractivity contribution in [2.75, 3.05) is 6.54 Å². The van der Waals surface area contributed by atoms with Crippen LogP contribution in [-0.4, -0.2) is 40.8 Å². The highest BCUT2D eigenvalue weighted by Crippen LogP contribution is 2.24. The third-order valence-corrected chi connectivity index (χ3v) is 5.10. The van der Waals surface area contributed by atoms with Gasteiger partial charge in [-0.15, -0.1) is 0 Å². The average molecular weight is 288 g/mol. The molecule has 0 aromatic heterocycles. The van der Waals surface area contributed by atoms with Gasteiger partial charge < -0.3 is 10.4 Å². The van der Waals surface area contributed by atoms with Crippen molar-refractivity contribution in [3.8, 4) is 0 Å². The molecule has 1 saturated carbocycles. The molecule has 3 rings (SSSR count). The molecule has 0 radical (unpaired) electrons.